The molecule has 0 aliphatic carbocycles. The van der Waals surface area contributed by atoms with E-state index < -0.39 is 0 Å². The molecule has 2 amide bonds. The minimum Gasteiger partial charge on any atom is -0.324 e. The van der Waals surface area contributed by atoms with Gasteiger partial charge in [0.1, 0.15) is 10.9 Å². The average Bonchev–Trinajstić information content (AvgIpc) is 2.80. The molecule has 3 aromatic rings. The van der Waals surface area contributed by atoms with Crippen molar-refractivity contribution in [1.82, 2.24) is 9.97 Å². The fraction of sp³-hybridized carbons (Fsp3) is 0.238. The molecule has 0 bridgehead atoms. The van der Waals surface area contributed by atoms with Crippen LogP contribution in [-0.2, 0) is 9.59 Å². The van der Waals surface area contributed by atoms with Crippen LogP contribution in [0.5, 0.6) is 0 Å². The molecule has 1 atom stereocenters. The summed E-state index contributed by atoms with van der Waals surface area (Å²) in [4.78, 5) is 36.0. The number of para-hydroxylation sites is 3. The van der Waals surface area contributed by atoms with Crippen LogP contribution in [-0.4, -0.2) is 33.6 Å². The topological polar surface area (TPSA) is 75.2 Å². The van der Waals surface area contributed by atoms with Gasteiger partial charge in [-0.05, 0) is 32.0 Å². The molecule has 1 N–H and O–H groups in total. The lowest BCUT2D eigenvalue weighted by Gasteiger charge is -2.27. The van der Waals surface area contributed by atoms with Gasteiger partial charge in [-0.25, -0.2) is 9.97 Å². The molecule has 142 valence electrons. The highest BCUT2D eigenvalue weighted by atomic mass is 32.2. The smallest absolute Gasteiger partial charge is 0.237 e. The number of nitrogens with zero attached hydrogens (tertiary/aromatic N) is 3. The van der Waals surface area contributed by atoms with Gasteiger partial charge in [-0.3, -0.25) is 9.59 Å². The van der Waals surface area contributed by atoms with Gasteiger partial charge in [0, 0.05) is 17.8 Å². The van der Waals surface area contributed by atoms with Crippen molar-refractivity contribution in [2.45, 2.75) is 31.3 Å². The van der Waals surface area contributed by atoms with Gasteiger partial charge >= 0.3 is 0 Å². The van der Waals surface area contributed by atoms with Gasteiger partial charge in [0.25, 0.3) is 0 Å². The molecule has 4 rings (SSSR count). The third kappa shape index (κ3) is 3.57. The SMILES string of the molecule is Cc1nc(SCC(=O)N2c3ccccc3NC(=O)C[C@@H]2C)c2ccccc2n1. The Bertz CT molecular complexity index is 1070. The molecule has 0 unspecified atom stereocenters. The lowest BCUT2D eigenvalue weighted by atomic mass is 10.2. The number of carbonyl (C=O) groups is 2. The summed E-state index contributed by atoms with van der Waals surface area (Å²) < 4.78 is 0. The third-order valence-electron chi connectivity index (χ3n) is 4.64. The van der Waals surface area contributed by atoms with E-state index in [1.807, 2.05) is 62.4 Å². The van der Waals surface area contributed by atoms with Crippen molar-refractivity contribution in [3.63, 3.8) is 0 Å². The molecule has 2 heterocycles. The summed E-state index contributed by atoms with van der Waals surface area (Å²) in [5, 5.41) is 4.61. The number of amides is 2. The van der Waals surface area contributed by atoms with Crippen LogP contribution in [0.2, 0.25) is 0 Å². The number of hydrogen-bond acceptors (Lipinski definition) is 5. The highest BCUT2D eigenvalue weighted by Crippen LogP contribution is 2.33. The van der Waals surface area contributed by atoms with Crippen molar-refractivity contribution in [1.29, 1.82) is 0 Å². The summed E-state index contributed by atoms with van der Waals surface area (Å²) in [6.07, 6.45) is 0.265. The van der Waals surface area contributed by atoms with E-state index in [0.29, 0.717) is 11.5 Å². The van der Waals surface area contributed by atoms with Gasteiger partial charge in [-0.1, -0.05) is 42.1 Å². The maximum absolute atomic E-state index is 13.1. The molecule has 1 aliphatic rings. The largest absolute Gasteiger partial charge is 0.324 e. The first-order valence-corrected chi connectivity index (χ1v) is 10.1. The number of fused-ring (bicyclic) bond motifs is 2. The quantitative estimate of drug-likeness (QED) is 0.542. The maximum Gasteiger partial charge on any atom is 0.237 e. The Morgan fingerprint density at radius 1 is 1.18 bits per heavy atom. The van der Waals surface area contributed by atoms with Crippen molar-refractivity contribution in [3.8, 4) is 0 Å². The first-order valence-electron chi connectivity index (χ1n) is 9.10. The molecule has 0 fully saturated rings. The predicted molar refractivity (Wildman–Crippen MR) is 112 cm³/mol. The van der Waals surface area contributed by atoms with E-state index in [-0.39, 0.29) is 30.0 Å². The van der Waals surface area contributed by atoms with Crippen LogP contribution in [0, 0.1) is 6.92 Å². The van der Waals surface area contributed by atoms with E-state index >= 15 is 0 Å². The van der Waals surface area contributed by atoms with Gasteiger partial charge in [0.05, 0.1) is 22.6 Å². The summed E-state index contributed by atoms with van der Waals surface area (Å²) in [6.45, 7) is 3.75. The first-order chi connectivity index (χ1) is 13.5. The molecule has 0 spiro atoms. The van der Waals surface area contributed by atoms with Crippen molar-refractivity contribution < 1.29 is 9.59 Å². The molecular formula is C21H20N4O2S. The Morgan fingerprint density at radius 3 is 2.79 bits per heavy atom. The van der Waals surface area contributed by atoms with E-state index in [2.05, 4.69) is 15.3 Å². The fourth-order valence-electron chi connectivity index (χ4n) is 3.44. The zero-order valence-corrected chi connectivity index (χ0v) is 16.5. The Morgan fingerprint density at radius 2 is 1.93 bits per heavy atom. The van der Waals surface area contributed by atoms with Crippen LogP contribution in [0.1, 0.15) is 19.2 Å². The highest BCUT2D eigenvalue weighted by Gasteiger charge is 2.29. The number of aryl methyl sites for hydroxylation is 1. The van der Waals surface area contributed by atoms with Crippen molar-refractivity contribution in [2.75, 3.05) is 16.0 Å². The van der Waals surface area contributed by atoms with Crippen LogP contribution in [0.25, 0.3) is 10.9 Å². The number of carbonyl (C=O) groups excluding carboxylic acids is 2. The Hall–Kier alpha value is -2.93. The molecular weight excluding hydrogens is 372 g/mol. The number of anilines is 2. The van der Waals surface area contributed by atoms with Crippen molar-refractivity contribution in [2.24, 2.45) is 0 Å². The summed E-state index contributed by atoms with van der Waals surface area (Å²) in [5.41, 5.74) is 2.27. The highest BCUT2D eigenvalue weighted by molar-refractivity contribution is 8.00. The predicted octanol–water partition coefficient (Wildman–Crippen LogP) is 3.79. The molecule has 0 saturated carbocycles. The minimum atomic E-state index is -0.222. The van der Waals surface area contributed by atoms with Crippen molar-refractivity contribution >= 4 is 45.9 Å². The summed E-state index contributed by atoms with van der Waals surface area (Å²) in [5.74, 6) is 0.770. The standard InChI is InChI=1S/C21H20N4O2S/c1-13-11-19(26)24-17-9-5-6-10-18(17)25(13)20(27)12-28-21-15-7-3-4-8-16(15)22-14(2)23-21/h3-10,13H,11-12H2,1-2H3,(H,24,26)/t13-/m0/s1. The van der Waals surface area contributed by atoms with Gasteiger partial charge in [-0.2, -0.15) is 0 Å². The van der Waals surface area contributed by atoms with Gasteiger partial charge in [0.2, 0.25) is 11.8 Å². The number of benzene rings is 2. The number of nitrogens with one attached hydrogen (secondary N) is 1. The van der Waals surface area contributed by atoms with Crippen molar-refractivity contribution in [3.05, 3.63) is 54.4 Å². The van der Waals surface area contributed by atoms with E-state index in [9.17, 15) is 9.59 Å². The summed E-state index contributed by atoms with van der Waals surface area (Å²) in [7, 11) is 0. The van der Waals surface area contributed by atoms with E-state index in [0.717, 1.165) is 21.6 Å². The molecule has 1 aromatic heterocycles. The normalized spacial score (nSPS) is 16.4. The third-order valence-corrected chi connectivity index (χ3v) is 5.62. The monoisotopic (exact) mass is 392 g/mol. The van der Waals surface area contributed by atoms with Crippen LogP contribution in [0.15, 0.2) is 53.6 Å². The van der Waals surface area contributed by atoms with Crippen LogP contribution >= 0.6 is 11.8 Å². The Balaban J connectivity index is 1.61. The van der Waals surface area contributed by atoms with E-state index in [4.69, 9.17) is 0 Å². The molecule has 0 radical (unpaired) electrons. The lowest BCUT2D eigenvalue weighted by molar-refractivity contribution is -0.117. The van der Waals surface area contributed by atoms with Gasteiger partial charge in [0.15, 0.2) is 0 Å². The summed E-state index contributed by atoms with van der Waals surface area (Å²) in [6, 6.07) is 15.0. The summed E-state index contributed by atoms with van der Waals surface area (Å²) >= 11 is 1.40. The average molecular weight is 392 g/mol. The first kappa shape index (κ1) is 18.4. The second kappa shape index (κ2) is 7.59. The van der Waals surface area contributed by atoms with E-state index in [1.165, 1.54) is 11.8 Å². The molecule has 6 nitrogen and oxygen atoms in total. The van der Waals surface area contributed by atoms with E-state index in [1.54, 1.807) is 4.90 Å². The van der Waals surface area contributed by atoms with Gasteiger partial charge in [-0.15, -0.1) is 0 Å². The Labute approximate surface area is 167 Å². The second-order valence-corrected chi connectivity index (χ2v) is 7.73. The van der Waals surface area contributed by atoms with Crippen LogP contribution < -0.4 is 10.2 Å². The fourth-order valence-corrected chi connectivity index (χ4v) is 4.36. The number of hydrogen-bond donors (Lipinski definition) is 1. The second-order valence-electron chi connectivity index (χ2n) is 6.76. The number of aromatic nitrogens is 2. The van der Waals surface area contributed by atoms with Gasteiger partial charge < -0.3 is 10.2 Å². The minimum absolute atomic E-state index is 0.0539. The zero-order valence-electron chi connectivity index (χ0n) is 15.7. The van der Waals surface area contributed by atoms with Crippen LogP contribution in [0.4, 0.5) is 11.4 Å². The Kier molecular flexibility index (Phi) is 5.00. The molecule has 0 saturated heterocycles. The molecule has 28 heavy (non-hydrogen) atoms. The lowest BCUT2D eigenvalue weighted by Crippen LogP contribution is -2.40. The number of rotatable bonds is 3. The molecule has 7 heteroatoms. The zero-order chi connectivity index (χ0) is 19.7. The van der Waals surface area contributed by atoms with Crippen LogP contribution in [0.3, 0.4) is 0 Å². The molecule has 1 aliphatic heterocycles. The molecule has 2 aromatic carbocycles. The maximum atomic E-state index is 13.1. The number of thioether (sulfide) groups is 1.